The average Bonchev–Trinajstić information content (AvgIpc) is 2.39. The summed E-state index contributed by atoms with van der Waals surface area (Å²) >= 11 is 0. The van der Waals surface area contributed by atoms with Gasteiger partial charge in [-0.05, 0) is 23.9 Å². The molecule has 0 spiro atoms. The molecule has 0 atom stereocenters. The van der Waals surface area contributed by atoms with E-state index in [1.54, 1.807) is 25.1 Å². The minimum Gasteiger partial charge on any atom is -0.204 e. The summed E-state index contributed by atoms with van der Waals surface area (Å²) in [6.45, 7) is 9.77. The standard InChI is InChI=1S/C11H8F2.2C2H6/c1-7-3-2-4-8-5-6-9(12)11(13)10(7)8;2*1-2/h2-6H,1H3;2*1-2H3. The van der Waals surface area contributed by atoms with Crippen molar-refractivity contribution in [3.8, 4) is 0 Å². The first-order valence-electron chi connectivity index (χ1n) is 6.03. The molecule has 0 aliphatic heterocycles. The average molecular weight is 238 g/mol. The van der Waals surface area contributed by atoms with Crippen molar-refractivity contribution in [2.45, 2.75) is 34.6 Å². The summed E-state index contributed by atoms with van der Waals surface area (Å²) in [5.41, 5.74) is 0.759. The number of hydrogen-bond donors (Lipinski definition) is 0. The van der Waals surface area contributed by atoms with Crippen LogP contribution in [-0.2, 0) is 0 Å². The molecule has 0 N–H and O–H groups in total. The molecule has 0 bridgehead atoms. The van der Waals surface area contributed by atoms with Gasteiger partial charge in [-0.15, -0.1) is 0 Å². The van der Waals surface area contributed by atoms with Gasteiger partial charge in [0.2, 0.25) is 0 Å². The van der Waals surface area contributed by atoms with Gasteiger partial charge in [-0.1, -0.05) is 52.0 Å². The Hall–Kier alpha value is -1.44. The van der Waals surface area contributed by atoms with Gasteiger partial charge in [0.05, 0.1) is 0 Å². The van der Waals surface area contributed by atoms with Crippen molar-refractivity contribution in [1.29, 1.82) is 0 Å². The van der Waals surface area contributed by atoms with Gasteiger partial charge in [-0.3, -0.25) is 0 Å². The smallest absolute Gasteiger partial charge is 0.166 e. The quantitative estimate of drug-likeness (QED) is 0.570. The maximum Gasteiger partial charge on any atom is 0.166 e. The zero-order valence-electron chi connectivity index (χ0n) is 11.1. The monoisotopic (exact) mass is 238 g/mol. The van der Waals surface area contributed by atoms with Crippen molar-refractivity contribution in [2.24, 2.45) is 0 Å². The molecule has 0 saturated heterocycles. The number of fused-ring (bicyclic) bond motifs is 1. The molecule has 0 saturated carbocycles. The van der Waals surface area contributed by atoms with Crippen molar-refractivity contribution in [2.75, 3.05) is 0 Å². The van der Waals surface area contributed by atoms with Crippen LogP contribution in [0.2, 0.25) is 0 Å². The molecule has 0 fully saturated rings. The lowest BCUT2D eigenvalue weighted by Crippen LogP contribution is -1.88. The van der Waals surface area contributed by atoms with Gasteiger partial charge < -0.3 is 0 Å². The van der Waals surface area contributed by atoms with E-state index >= 15 is 0 Å². The van der Waals surface area contributed by atoms with Crippen molar-refractivity contribution >= 4 is 10.8 Å². The largest absolute Gasteiger partial charge is 0.204 e. The summed E-state index contributed by atoms with van der Waals surface area (Å²) in [4.78, 5) is 0. The van der Waals surface area contributed by atoms with Crippen LogP contribution in [0.25, 0.3) is 10.8 Å². The first kappa shape index (κ1) is 15.6. The molecular weight excluding hydrogens is 218 g/mol. The third-order valence-electron chi connectivity index (χ3n) is 2.14. The molecule has 2 heteroatoms. The van der Waals surface area contributed by atoms with E-state index in [9.17, 15) is 8.78 Å². The van der Waals surface area contributed by atoms with Gasteiger partial charge in [-0.25, -0.2) is 8.78 Å². The number of benzene rings is 2. The van der Waals surface area contributed by atoms with Crippen LogP contribution in [0, 0.1) is 18.6 Å². The lowest BCUT2D eigenvalue weighted by molar-refractivity contribution is 0.517. The zero-order chi connectivity index (χ0) is 13.4. The summed E-state index contributed by atoms with van der Waals surface area (Å²) in [5, 5.41) is 1.11. The summed E-state index contributed by atoms with van der Waals surface area (Å²) in [7, 11) is 0. The van der Waals surface area contributed by atoms with Gasteiger partial charge in [0.1, 0.15) is 0 Å². The van der Waals surface area contributed by atoms with Gasteiger partial charge in [0.15, 0.2) is 11.6 Å². The van der Waals surface area contributed by atoms with Crippen molar-refractivity contribution in [3.63, 3.8) is 0 Å². The van der Waals surface area contributed by atoms with Crippen LogP contribution in [0.1, 0.15) is 33.3 Å². The SMILES string of the molecule is CC.CC.Cc1cccc2ccc(F)c(F)c12. The van der Waals surface area contributed by atoms with E-state index in [4.69, 9.17) is 0 Å². The molecule has 0 aromatic heterocycles. The third kappa shape index (κ3) is 3.52. The Bertz CT molecular complexity index is 462. The summed E-state index contributed by atoms with van der Waals surface area (Å²) in [6, 6.07) is 8.10. The maximum atomic E-state index is 13.3. The van der Waals surface area contributed by atoms with E-state index in [1.165, 1.54) is 0 Å². The molecule has 0 amide bonds. The van der Waals surface area contributed by atoms with Crippen LogP contribution in [0.15, 0.2) is 30.3 Å². The minimum absolute atomic E-state index is 0.377. The highest BCUT2D eigenvalue weighted by molar-refractivity contribution is 5.86. The molecule has 0 radical (unpaired) electrons. The van der Waals surface area contributed by atoms with Crippen LogP contribution in [-0.4, -0.2) is 0 Å². The Kier molecular flexibility index (Phi) is 7.11. The Morgan fingerprint density at radius 1 is 0.824 bits per heavy atom. The van der Waals surface area contributed by atoms with Crippen molar-refractivity contribution < 1.29 is 8.78 Å². The van der Waals surface area contributed by atoms with Crippen molar-refractivity contribution in [3.05, 3.63) is 47.5 Å². The fraction of sp³-hybridized carbons (Fsp3) is 0.333. The minimum atomic E-state index is -0.790. The predicted molar refractivity (Wildman–Crippen MR) is 71.3 cm³/mol. The fourth-order valence-corrected chi connectivity index (χ4v) is 1.48. The molecule has 0 unspecified atom stereocenters. The second-order valence-electron chi connectivity index (χ2n) is 3.03. The first-order valence-corrected chi connectivity index (χ1v) is 6.03. The van der Waals surface area contributed by atoms with Crippen LogP contribution in [0.3, 0.4) is 0 Å². The van der Waals surface area contributed by atoms with E-state index in [0.29, 0.717) is 5.39 Å². The number of hydrogen-bond acceptors (Lipinski definition) is 0. The molecule has 0 aliphatic carbocycles. The van der Waals surface area contributed by atoms with E-state index in [-0.39, 0.29) is 0 Å². The van der Waals surface area contributed by atoms with Gasteiger partial charge in [0.25, 0.3) is 0 Å². The molecule has 0 nitrogen and oxygen atoms in total. The first-order chi connectivity index (χ1) is 8.20. The number of halogens is 2. The van der Waals surface area contributed by atoms with E-state index < -0.39 is 11.6 Å². The lowest BCUT2D eigenvalue weighted by Gasteiger charge is -2.03. The van der Waals surface area contributed by atoms with Crippen LogP contribution in [0.5, 0.6) is 0 Å². The third-order valence-corrected chi connectivity index (χ3v) is 2.14. The predicted octanol–water partition coefficient (Wildman–Crippen LogP) is 5.48. The molecule has 0 aliphatic rings. The molecule has 2 rings (SSSR count). The van der Waals surface area contributed by atoms with E-state index in [2.05, 4.69) is 0 Å². The van der Waals surface area contributed by atoms with Gasteiger partial charge in [-0.2, -0.15) is 0 Å². The van der Waals surface area contributed by atoms with Gasteiger partial charge in [0, 0.05) is 5.39 Å². The highest BCUT2D eigenvalue weighted by atomic mass is 19.2. The lowest BCUT2D eigenvalue weighted by atomic mass is 10.1. The molecular formula is C15H20F2. The van der Waals surface area contributed by atoms with Crippen molar-refractivity contribution in [1.82, 2.24) is 0 Å². The van der Waals surface area contributed by atoms with E-state index in [0.717, 1.165) is 17.0 Å². The molecule has 2 aromatic rings. The Morgan fingerprint density at radius 2 is 1.41 bits per heavy atom. The highest BCUT2D eigenvalue weighted by Crippen LogP contribution is 2.23. The van der Waals surface area contributed by atoms with Gasteiger partial charge >= 0.3 is 0 Å². The van der Waals surface area contributed by atoms with E-state index in [1.807, 2.05) is 33.8 Å². The zero-order valence-corrected chi connectivity index (χ0v) is 11.1. The highest BCUT2D eigenvalue weighted by Gasteiger charge is 2.07. The molecule has 94 valence electrons. The number of rotatable bonds is 0. The maximum absolute atomic E-state index is 13.3. The van der Waals surface area contributed by atoms with Crippen LogP contribution >= 0.6 is 0 Å². The Balaban J connectivity index is 0.000000581. The summed E-state index contributed by atoms with van der Waals surface area (Å²) < 4.78 is 26.1. The Labute approximate surface area is 102 Å². The molecule has 0 heterocycles. The molecule has 2 aromatic carbocycles. The fourth-order valence-electron chi connectivity index (χ4n) is 1.48. The molecule has 17 heavy (non-hydrogen) atoms. The second-order valence-corrected chi connectivity index (χ2v) is 3.03. The topological polar surface area (TPSA) is 0 Å². The normalized spacial score (nSPS) is 8.88. The summed E-state index contributed by atoms with van der Waals surface area (Å²) in [5.74, 6) is -1.54. The summed E-state index contributed by atoms with van der Waals surface area (Å²) in [6.07, 6.45) is 0. The Morgan fingerprint density at radius 3 is 2.00 bits per heavy atom. The van der Waals surface area contributed by atoms with Crippen LogP contribution in [0.4, 0.5) is 8.78 Å². The van der Waals surface area contributed by atoms with Crippen LogP contribution < -0.4 is 0 Å². The second kappa shape index (κ2) is 7.77. The number of aryl methyl sites for hydroxylation is 1.